The van der Waals surface area contributed by atoms with Gasteiger partial charge in [0.1, 0.15) is 0 Å². The zero-order valence-electron chi connectivity index (χ0n) is 7.88. The minimum Gasteiger partial charge on any atom is -0.411 e. The normalized spacial score (nSPS) is 28.5. The summed E-state index contributed by atoms with van der Waals surface area (Å²) in [6.07, 6.45) is 4.75. The first kappa shape index (κ1) is 9.30. The molecule has 0 aromatic rings. The molecular formula is C10H17NO. The first-order chi connectivity index (χ1) is 5.59. The van der Waals surface area contributed by atoms with Gasteiger partial charge in [-0.25, -0.2) is 0 Å². The zero-order chi connectivity index (χ0) is 9.19. The van der Waals surface area contributed by atoms with Gasteiger partial charge in [-0.15, -0.1) is 5.16 Å². The molecule has 1 saturated carbocycles. The van der Waals surface area contributed by atoms with Crippen molar-refractivity contribution in [2.24, 2.45) is 16.5 Å². The van der Waals surface area contributed by atoms with Crippen LogP contribution in [0, 0.1) is 11.3 Å². The Hall–Kier alpha value is -0.790. The fourth-order valence-corrected chi connectivity index (χ4v) is 1.91. The molecule has 1 aliphatic rings. The van der Waals surface area contributed by atoms with E-state index in [9.17, 15) is 0 Å². The number of hydrogen-bond acceptors (Lipinski definition) is 2. The van der Waals surface area contributed by atoms with Crippen LogP contribution in [0.25, 0.3) is 0 Å². The van der Waals surface area contributed by atoms with Crippen LogP contribution in [0.1, 0.15) is 33.1 Å². The molecule has 0 aliphatic heterocycles. The second-order valence-corrected chi connectivity index (χ2v) is 4.09. The monoisotopic (exact) mass is 167 g/mol. The van der Waals surface area contributed by atoms with Crippen molar-refractivity contribution in [1.29, 1.82) is 0 Å². The van der Waals surface area contributed by atoms with Gasteiger partial charge in [-0.05, 0) is 30.6 Å². The lowest BCUT2D eigenvalue weighted by atomic mass is 9.78. The summed E-state index contributed by atoms with van der Waals surface area (Å²) in [7, 11) is 0. The summed E-state index contributed by atoms with van der Waals surface area (Å²) in [4.78, 5) is 0. The number of hydrogen-bond donors (Lipinski definition) is 1. The van der Waals surface area contributed by atoms with Crippen molar-refractivity contribution >= 4 is 6.21 Å². The largest absolute Gasteiger partial charge is 0.411 e. The van der Waals surface area contributed by atoms with Crippen LogP contribution in [0.4, 0.5) is 0 Å². The van der Waals surface area contributed by atoms with Crippen molar-refractivity contribution in [2.75, 3.05) is 0 Å². The summed E-state index contributed by atoms with van der Waals surface area (Å²) < 4.78 is 0. The van der Waals surface area contributed by atoms with Crippen LogP contribution in [0.2, 0.25) is 0 Å². The van der Waals surface area contributed by atoms with Gasteiger partial charge in [-0.3, -0.25) is 0 Å². The minimum absolute atomic E-state index is 0.223. The third-order valence-electron chi connectivity index (χ3n) is 3.20. The minimum atomic E-state index is 0.223. The Bertz CT molecular complexity index is 206. The smallest absolute Gasteiger partial charge is 0.0439 e. The van der Waals surface area contributed by atoms with Gasteiger partial charge in [0, 0.05) is 6.21 Å². The van der Waals surface area contributed by atoms with E-state index in [1.807, 2.05) is 0 Å². The lowest BCUT2D eigenvalue weighted by Gasteiger charge is -2.26. The van der Waals surface area contributed by atoms with Crippen LogP contribution in [0.5, 0.6) is 0 Å². The third kappa shape index (κ3) is 1.52. The van der Waals surface area contributed by atoms with E-state index < -0.39 is 0 Å². The Morgan fingerprint density at radius 3 is 2.83 bits per heavy atom. The molecule has 1 atom stereocenters. The highest BCUT2D eigenvalue weighted by Gasteiger charge is 2.36. The van der Waals surface area contributed by atoms with E-state index in [1.165, 1.54) is 12.0 Å². The third-order valence-corrected chi connectivity index (χ3v) is 3.20. The van der Waals surface area contributed by atoms with Gasteiger partial charge in [-0.2, -0.15) is 0 Å². The van der Waals surface area contributed by atoms with Gasteiger partial charge < -0.3 is 5.21 Å². The molecule has 0 heterocycles. The van der Waals surface area contributed by atoms with E-state index in [0.717, 1.165) is 12.8 Å². The lowest BCUT2D eigenvalue weighted by molar-refractivity contribution is 0.301. The van der Waals surface area contributed by atoms with Gasteiger partial charge in [0.15, 0.2) is 0 Å². The predicted octanol–water partition coefficient (Wildman–Crippen LogP) is 2.83. The highest BCUT2D eigenvalue weighted by molar-refractivity contribution is 5.57. The van der Waals surface area contributed by atoms with Gasteiger partial charge in [0.25, 0.3) is 0 Å². The summed E-state index contributed by atoms with van der Waals surface area (Å²) in [5.74, 6) is 0.598. The molecule has 0 aromatic heterocycles. The van der Waals surface area contributed by atoms with Crippen LogP contribution < -0.4 is 0 Å². The van der Waals surface area contributed by atoms with Gasteiger partial charge in [-0.1, -0.05) is 26.0 Å². The molecular weight excluding hydrogens is 150 g/mol. The van der Waals surface area contributed by atoms with E-state index >= 15 is 0 Å². The van der Waals surface area contributed by atoms with E-state index in [-0.39, 0.29) is 5.41 Å². The first-order valence-electron chi connectivity index (χ1n) is 4.43. The highest BCUT2D eigenvalue weighted by Crippen LogP contribution is 2.47. The standard InChI is InChI=1S/C10H17NO/c1-8-4-5-9(6-7-11-12)10(8,2)3/h7,9,12H,1,4-6H2,2-3H3/b11-7+. The average Bonchev–Trinajstić information content (AvgIpc) is 2.25. The summed E-state index contributed by atoms with van der Waals surface area (Å²) in [6.45, 7) is 8.50. The fraction of sp³-hybridized carbons (Fsp3) is 0.700. The maximum absolute atomic E-state index is 8.31. The summed E-state index contributed by atoms with van der Waals surface area (Å²) in [5, 5.41) is 11.3. The number of nitrogens with zero attached hydrogens (tertiary/aromatic N) is 1. The quantitative estimate of drug-likeness (QED) is 0.292. The van der Waals surface area contributed by atoms with Gasteiger partial charge in [0.2, 0.25) is 0 Å². The van der Waals surface area contributed by atoms with Crippen LogP contribution in [-0.2, 0) is 0 Å². The molecule has 2 nitrogen and oxygen atoms in total. The Kier molecular flexibility index (Phi) is 2.55. The molecule has 1 unspecified atom stereocenters. The van der Waals surface area contributed by atoms with Gasteiger partial charge in [0.05, 0.1) is 0 Å². The van der Waals surface area contributed by atoms with Crippen LogP contribution in [0.3, 0.4) is 0 Å². The lowest BCUT2D eigenvalue weighted by Crippen LogP contribution is -2.19. The van der Waals surface area contributed by atoms with Crippen molar-refractivity contribution in [2.45, 2.75) is 33.1 Å². The Labute approximate surface area is 74.0 Å². The van der Waals surface area contributed by atoms with E-state index in [0.29, 0.717) is 5.92 Å². The SMILES string of the molecule is C=C1CCC(C/C=N/O)C1(C)C. The van der Waals surface area contributed by atoms with E-state index in [2.05, 4.69) is 25.6 Å². The summed E-state index contributed by atoms with van der Waals surface area (Å²) in [6, 6.07) is 0. The van der Waals surface area contributed by atoms with Gasteiger partial charge >= 0.3 is 0 Å². The summed E-state index contributed by atoms with van der Waals surface area (Å²) in [5.41, 5.74) is 1.56. The molecule has 68 valence electrons. The number of oxime groups is 1. The molecule has 0 amide bonds. The van der Waals surface area contributed by atoms with Crippen molar-refractivity contribution in [3.05, 3.63) is 12.2 Å². The molecule has 1 rings (SSSR count). The van der Waals surface area contributed by atoms with E-state index in [1.54, 1.807) is 6.21 Å². The number of rotatable bonds is 2. The maximum Gasteiger partial charge on any atom is 0.0439 e. The Balaban J connectivity index is 2.62. The maximum atomic E-state index is 8.31. The van der Waals surface area contributed by atoms with Crippen LogP contribution >= 0.6 is 0 Å². The molecule has 0 bridgehead atoms. The molecule has 1 aliphatic carbocycles. The molecule has 1 N–H and O–H groups in total. The topological polar surface area (TPSA) is 32.6 Å². The first-order valence-corrected chi connectivity index (χ1v) is 4.43. The van der Waals surface area contributed by atoms with Crippen molar-refractivity contribution in [3.8, 4) is 0 Å². The Morgan fingerprint density at radius 2 is 2.42 bits per heavy atom. The molecule has 12 heavy (non-hydrogen) atoms. The second-order valence-electron chi connectivity index (χ2n) is 4.09. The Morgan fingerprint density at radius 1 is 1.75 bits per heavy atom. The van der Waals surface area contributed by atoms with Crippen molar-refractivity contribution < 1.29 is 5.21 Å². The van der Waals surface area contributed by atoms with E-state index in [4.69, 9.17) is 5.21 Å². The predicted molar refractivity (Wildman–Crippen MR) is 50.5 cm³/mol. The highest BCUT2D eigenvalue weighted by atomic mass is 16.4. The van der Waals surface area contributed by atoms with Crippen LogP contribution in [0.15, 0.2) is 17.3 Å². The molecule has 0 aromatic carbocycles. The molecule has 0 spiro atoms. The molecule has 0 saturated heterocycles. The second kappa shape index (κ2) is 3.30. The average molecular weight is 167 g/mol. The molecule has 1 fully saturated rings. The van der Waals surface area contributed by atoms with Crippen molar-refractivity contribution in [3.63, 3.8) is 0 Å². The molecule has 2 heteroatoms. The number of allylic oxidation sites excluding steroid dienone is 1. The van der Waals surface area contributed by atoms with Crippen LogP contribution in [-0.4, -0.2) is 11.4 Å². The molecule has 0 radical (unpaired) electrons. The summed E-state index contributed by atoms with van der Waals surface area (Å²) >= 11 is 0. The fourth-order valence-electron chi connectivity index (χ4n) is 1.91. The van der Waals surface area contributed by atoms with Crippen molar-refractivity contribution in [1.82, 2.24) is 0 Å². The zero-order valence-corrected chi connectivity index (χ0v) is 7.88.